The standard InChI is InChI=1S/C16H16FN3O.C15H16FN3.ClH/c17-15-4-1-13(2-5-15)14-3-6-16(18-11-14)20-9-7-19(12-21)8-10-20;16-14-4-1-12(2-5-14)13-3-6-15(18-11-13)19-9-7-17-8-10-19;/h1-6,11-12H,7-10H2;1-6,11,17H,7-10H2;1H. The van der Waals surface area contributed by atoms with Gasteiger partial charge in [0.2, 0.25) is 6.41 Å². The van der Waals surface area contributed by atoms with Gasteiger partial charge in [0, 0.05) is 75.9 Å². The van der Waals surface area contributed by atoms with Crippen LogP contribution in [0.5, 0.6) is 0 Å². The molecule has 4 aromatic rings. The Balaban J connectivity index is 0.000000185. The number of rotatable bonds is 5. The van der Waals surface area contributed by atoms with Crippen LogP contribution in [0.2, 0.25) is 0 Å². The first-order chi connectivity index (χ1) is 19.6. The number of hydrogen-bond donors (Lipinski definition) is 1. The highest BCUT2D eigenvalue weighted by Crippen LogP contribution is 2.23. The smallest absolute Gasteiger partial charge is 0.209 e. The number of nitrogens with zero attached hydrogens (tertiary/aromatic N) is 5. The van der Waals surface area contributed by atoms with Crippen molar-refractivity contribution in [3.8, 4) is 22.3 Å². The Labute approximate surface area is 245 Å². The van der Waals surface area contributed by atoms with Crippen LogP contribution < -0.4 is 15.1 Å². The second-order valence-electron chi connectivity index (χ2n) is 9.69. The van der Waals surface area contributed by atoms with E-state index in [-0.39, 0.29) is 24.0 Å². The number of anilines is 2. The molecule has 0 aliphatic carbocycles. The van der Waals surface area contributed by atoms with Crippen LogP contribution in [-0.2, 0) is 4.79 Å². The molecule has 0 atom stereocenters. The van der Waals surface area contributed by atoms with Gasteiger partial charge in [-0.3, -0.25) is 4.79 Å². The number of carbonyl (C=O) groups excluding carboxylic acids is 1. The van der Waals surface area contributed by atoms with E-state index in [2.05, 4.69) is 25.1 Å². The van der Waals surface area contributed by atoms with Crippen LogP contribution in [0.15, 0.2) is 85.2 Å². The largest absolute Gasteiger partial charge is 0.354 e. The van der Waals surface area contributed by atoms with E-state index < -0.39 is 0 Å². The predicted molar refractivity (Wildman–Crippen MR) is 161 cm³/mol. The number of halogens is 3. The van der Waals surface area contributed by atoms with Gasteiger partial charge in [-0.05, 0) is 59.7 Å². The molecule has 10 heteroatoms. The summed E-state index contributed by atoms with van der Waals surface area (Å²) < 4.78 is 25.8. The number of pyridine rings is 2. The summed E-state index contributed by atoms with van der Waals surface area (Å²) in [7, 11) is 0. The second kappa shape index (κ2) is 14.5. The second-order valence-corrected chi connectivity index (χ2v) is 9.69. The number of piperazine rings is 2. The molecule has 2 aliphatic rings. The number of hydrogen-bond acceptors (Lipinski definition) is 6. The minimum absolute atomic E-state index is 0. The van der Waals surface area contributed by atoms with Gasteiger partial charge in [0.25, 0.3) is 0 Å². The highest BCUT2D eigenvalue weighted by Gasteiger charge is 2.16. The normalized spacial score (nSPS) is 14.9. The molecule has 0 saturated carbocycles. The lowest BCUT2D eigenvalue weighted by atomic mass is 10.1. The van der Waals surface area contributed by atoms with Gasteiger partial charge in [-0.1, -0.05) is 24.3 Å². The Kier molecular flexibility index (Phi) is 10.6. The lowest BCUT2D eigenvalue weighted by molar-refractivity contribution is -0.118. The fourth-order valence-corrected chi connectivity index (χ4v) is 4.72. The van der Waals surface area contributed by atoms with Crippen LogP contribution in [0, 0.1) is 11.6 Å². The van der Waals surface area contributed by atoms with Crippen molar-refractivity contribution >= 4 is 30.5 Å². The predicted octanol–water partition coefficient (Wildman–Crippen LogP) is 4.89. The van der Waals surface area contributed by atoms with E-state index in [0.717, 1.165) is 92.7 Å². The van der Waals surface area contributed by atoms with E-state index in [9.17, 15) is 13.6 Å². The van der Waals surface area contributed by atoms with E-state index in [1.165, 1.54) is 24.3 Å². The van der Waals surface area contributed by atoms with Gasteiger partial charge < -0.3 is 20.0 Å². The Hall–Kier alpha value is -4.08. The SMILES string of the molecule is Cl.Fc1ccc(-c2ccc(N3CCNCC3)nc2)cc1.O=CN1CCN(c2ccc(-c3ccc(F)cc3)cn2)CC1. The molecule has 4 heterocycles. The number of aromatic nitrogens is 2. The van der Waals surface area contributed by atoms with Gasteiger partial charge in [-0.15, -0.1) is 12.4 Å². The maximum Gasteiger partial charge on any atom is 0.209 e. The van der Waals surface area contributed by atoms with E-state index >= 15 is 0 Å². The molecule has 2 saturated heterocycles. The third kappa shape index (κ3) is 7.99. The zero-order valence-corrected chi connectivity index (χ0v) is 23.4. The van der Waals surface area contributed by atoms with Crippen molar-refractivity contribution < 1.29 is 13.6 Å². The van der Waals surface area contributed by atoms with Crippen molar-refractivity contribution in [3.05, 3.63) is 96.8 Å². The first-order valence-corrected chi connectivity index (χ1v) is 13.4. The summed E-state index contributed by atoms with van der Waals surface area (Å²) in [5, 5.41) is 3.32. The zero-order chi connectivity index (χ0) is 27.7. The molecule has 0 radical (unpaired) electrons. The molecule has 41 heavy (non-hydrogen) atoms. The molecule has 0 bridgehead atoms. The van der Waals surface area contributed by atoms with Gasteiger partial charge in [0.05, 0.1) is 0 Å². The molecular formula is C31H33ClF2N6O. The third-order valence-electron chi connectivity index (χ3n) is 7.08. The summed E-state index contributed by atoms with van der Waals surface area (Å²) in [6.45, 7) is 7.02. The molecule has 2 aromatic heterocycles. The molecule has 2 aromatic carbocycles. The monoisotopic (exact) mass is 578 g/mol. The van der Waals surface area contributed by atoms with Gasteiger partial charge in [-0.2, -0.15) is 0 Å². The highest BCUT2D eigenvalue weighted by molar-refractivity contribution is 5.85. The Morgan fingerprint density at radius 3 is 1.39 bits per heavy atom. The van der Waals surface area contributed by atoms with Crippen LogP contribution in [0.3, 0.4) is 0 Å². The summed E-state index contributed by atoms with van der Waals surface area (Å²) in [5.74, 6) is 1.46. The first kappa shape index (κ1) is 29.9. The van der Waals surface area contributed by atoms with Crippen molar-refractivity contribution in [1.82, 2.24) is 20.2 Å². The van der Waals surface area contributed by atoms with Crippen molar-refractivity contribution in [3.63, 3.8) is 0 Å². The summed E-state index contributed by atoms with van der Waals surface area (Å²) >= 11 is 0. The fourth-order valence-electron chi connectivity index (χ4n) is 4.72. The summed E-state index contributed by atoms with van der Waals surface area (Å²) in [6.07, 6.45) is 4.54. The van der Waals surface area contributed by atoms with Gasteiger partial charge in [-0.25, -0.2) is 18.7 Å². The molecule has 214 valence electrons. The van der Waals surface area contributed by atoms with Crippen molar-refractivity contribution in [2.24, 2.45) is 0 Å². The average molecular weight is 579 g/mol. The average Bonchev–Trinajstić information content (AvgIpc) is 3.03. The number of carbonyl (C=O) groups is 1. The topological polar surface area (TPSA) is 64.6 Å². The van der Waals surface area contributed by atoms with E-state index in [4.69, 9.17) is 0 Å². The number of nitrogens with one attached hydrogen (secondary N) is 1. The van der Waals surface area contributed by atoms with E-state index in [0.29, 0.717) is 0 Å². The van der Waals surface area contributed by atoms with Crippen molar-refractivity contribution in [1.29, 1.82) is 0 Å². The third-order valence-corrected chi connectivity index (χ3v) is 7.08. The van der Waals surface area contributed by atoms with Crippen LogP contribution in [0.4, 0.5) is 20.4 Å². The maximum atomic E-state index is 12.9. The first-order valence-electron chi connectivity index (χ1n) is 13.4. The molecule has 0 unspecified atom stereocenters. The van der Waals surface area contributed by atoms with Crippen molar-refractivity contribution in [2.75, 3.05) is 62.2 Å². The van der Waals surface area contributed by atoms with E-state index in [1.807, 2.05) is 30.5 Å². The highest BCUT2D eigenvalue weighted by atomic mass is 35.5. The summed E-state index contributed by atoms with van der Waals surface area (Å²) in [5.41, 5.74) is 3.91. The molecule has 1 N–H and O–H groups in total. The molecular weight excluding hydrogens is 546 g/mol. The lowest BCUT2D eigenvalue weighted by Gasteiger charge is -2.33. The van der Waals surface area contributed by atoms with Crippen LogP contribution in [0.1, 0.15) is 0 Å². The fraction of sp³-hybridized carbons (Fsp3) is 0.258. The molecule has 7 nitrogen and oxygen atoms in total. The molecule has 1 amide bonds. The Morgan fingerprint density at radius 1 is 0.585 bits per heavy atom. The van der Waals surface area contributed by atoms with E-state index in [1.54, 1.807) is 35.4 Å². The molecule has 0 spiro atoms. The van der Waals surface area contributed by atoms with Gasteiger partial charge in [0.1, 0.15) is 23.3 Å². The Morgan fingerprint density at radius 2 is 1.00 bits per heavy atom. The van der Waals surface area contributed by atoms with Crippen LogP contribution in [0.25, 0.3) is 22.3 Å². The lowest BCUT2D eigenvalue weighted by Crippen LogP contribution is -2.45. The Bertz CT molecular complexity index is 1360. The zero-order valence-electron chi connectivity index (χ0n) is 22.6. The van der Waals surface area contributed by atoms with Crippen LogP contribution in [-0.4, -0.2) is 73.6 Å². The summed E-state index contributed by atoms with van der Waals surface area (Å²) in [4.78, 5) is 25.9. The minimum atomic E-state index is -0.239. The minimum Gasteiger partial charge on any atom is -0.354 e. The van der Waals surface area contributed by atoms with Crippen LogP contribution >= 0.6 is 12.4 Å². The van der Waals surface area contributed by atoms with Gasteiger partial charge >= 0.3 is 0 Å². The maximum absolute atomic E-state index is 12.9. The quantitative estimate of drug-likeness (QED) is 0.341. The summed E-state index contributed by atoms with van der Waals surface area (Å²) in [6, 6.07) is 20.9. The van der Waals surface area contributed by atoms with Gasteiger partial charge in [0.15, 0.2) is 0 Å². The number of amides is 1. The molecule has 2 aliphatic heterocycles. The van der Waals surface area contributed by atoms with Crippen molar-refractivity contribution in [2.45, 2.75) is 0 Å². The number of benzene rings is 2. The molecule has 2 fully saturated rings. The molecule has 6 rings (SSSR count).